The minimum absolute atomic E-state index is 0.635. The summed E-state index contributed by atoms with van der Waals surface area (Å²) in [6.45, 7) is 1.60. The molecule has 3 nitrogen and oxygen atoms in total. The summed E-state index contributed by atoms with van der Waals surface area (Å²) in [5, 5.41) is 0. The second kappa shape index (κ2) is 6.12. The summed E-state index contributed by atoms with van der Waals surface area (Å²) in [5.41, 5.74) is 0. The Hall–Kier alpha value is -0.443. The first kappa shape index (κ1) is 9.64. The molecule has 1 aliphatic heterocycles. The van der Waals surface area contributed by atoms with Crippen molar-refractivity contribution in [1.29, 1.82) is 0 Å². The highest BCUT2D eigenvalue weighted by atomic mass is 28.3. The maximum atomic E-state index is 9.74. The third kappa shape index (κ3) is 3.81. The van der Waals surface area contributed by atoms with Crippen molar-refractivity contribution >= 4 is 15.1 Å². The molecule has 0 aromatic rings. The van der Waals surface area contributed by atoms with Crippen molar-refractivity contribution in [3.05, 3.63) is 0 Å². The molecule has 0 aromatic heterocycles. The SMILES string of the molecule is O=C=NCCC[SiH]1CCCCO1. The van der Waals surface area contributed by atoms with Gasteiger partial charge in [0.2, 0.25) is 6.08 Å². The summed E-state index contributed by atoms with van der Waals surface area (Å²) in [5.74, 6) is 0. The molecule has 0 bridgehead atoms. The average Bonchev–Trinajstić information content (AvgIpc) is 2.14. The zero-order chi connectivity index (χ0) is 8.65. The van der Waals surface area contributed by atoms with Crippen LogP contribution in [0.2, 0.25) is 12.1 Å². The molecule has 1 aliphatic rings. The van der Waals surface area contributed by atoms with E-state index < -0.39 is 9.04 Å². The highest BCUT2D eigenvalue weighted by Crippen LogP contribution is 2.15. The van der Waals surface area contributed by atoms with Gasteiger partial charge in [-0.15, -0.1) is 0 Å². The van der Waals surface area contributed by atoms with Crippen LogP contribution in [0, 0.1) is 0 Å². The number of isocyanates is 1. The second-order valence-corrected chi connectivity index (χ2v) is 5.84. The Balaban J connectivity index is 2.01. The molecule has 1 heterocycles. The van der Waals surface area contributed by atoms with Gasteiger partial charge in [-0.2, -0.15) is 0 Å². The van der Waals surface area contributed by atoms with E-state index in [0.717, 1.165) is 13.0 Å². The van der Waals surface area contributed by atoms with E-state index in [0.29, 0.717) is 6.54 Å². The van der Waals surface area contributed by atoms with Gasteiger partial charge in [0.15, 0.2) is 9.04 Å². The third-order valence-electron chi connectivity index (χ3n) is 2.13. The van der Waals surface area contributed by atoms with Crippen molar-refractivity contribution in [1.82, 2.24) is 0 Å². The Labute approximate surface area is 74.6 Å². The molecule has 0 saturated carbocycles. The first-order valence-corrected chi connectivity index (χ1v) is 6.69. The largest absolute Gasteiger partial charge is 0.420 e. The molecule has 1 atom stereocenters. The van der Waals surface area contributed by atoms with Gasteiger partial charge in [-0.05, 0) is 24.9 Å². The molecular formula is C8H15NO2Si. The van der Waals surface area contributed by atoms with Crippen LogP contribution >= 0.6 is 0 Å². The lowest BCUT2D eigenvalue weighted by molar-refractivity contribution is 0.286. The van der Waals surface area contributed by atoms with Gasteiger partial charge in [0.1, 0.15) is 0 Å². The Kier molecular flexibility index (Phi) is 4.91. The average molecular weight is 185 g/mol. The summed E-state index contributed by atoms with van der Waals surface area (Å²) in [7, 11) is -0.859. The molecule has 1 saturated heterocycles. The van der Waals surface area contributed by atoms with Gasteiger partial charge in [0.05, 0.1) is 6.54 Å². The molecule has 0 amide bonds. The Morgan fingerprint density at radius 3 is 3.08 bits per heavy atom. The van der Waals surface area contributed by atoms with E-state index in [1.54, 1.807) is 6.08 Å². The standard InChI is InChI=1S/C8H15NO2Si/c10-8-9-4-3-7-12-6-2-1-5-11-12/h12H,1-7H2. The van der Waals surface area contributed by atoms with Gasteiger partial charge >= 0.3 is 0 Å². The second-order valence-electron chi connectivity index (χ2n) is 3.10. The van der Waals surface area contributed by atoms with Gasteiger partial charge in [-0.25, -0.2) is 9.79 Å². The number of aliphatic imine (C=N–C) groups is 1. The van der Waals surface area contributed by atoms with E-state index in [2.05, 4.69) is 4.99 Å². The Morgan fingerprint density at radius 2 is 2.42 bits per heavy atom. The molecule has 1 rings (SSSR count). The summed E-state index contributed by atoms with van der Waals surface area (Å²) < 4.78 is 5.66. The van der Waals surface area contributed by atoms with Crippen molar-refractivity contribution in [2.75, 3.05) is 13.2 Å². The number of hydrogen-bond acceptors (Lipinski definition) is 3. The van der Waals surface area contributed by atoms with Crippen LogP contribution < -0.4 is 0 Å². The normalized spacial score (nSPS) is 23.2. The van der Waals surface area contributed by atoms with Crippen LogP contribution in [0.1, 0.15) is 19.3 Å². The van der Waals surface area contributed by atoms with Crippen molar-refractivity contribution in [2.45, 2.75) is 31.4 Å². The zero-order valence-electron chi connectivity index (χ0n) is 7.29. The van der Waals surface area contributed by atoms with E-state index in [1.807, 2.05) is 0 Å². The van der Waals surface area contributed by atoms with E-state index in [4.69, 9.17) is 4.43 Å². The van der Waals surface area contributed by atoms with Crippen LogP contribution in [-0.2, 0) is 9.22 Å². The first-order valence-electron chi connectivity index (χ1n) is 4.58. The zero-order valence-corrected chi connectivity index (χ0v) is 8.45. The minimum atomic E-state index is -0.859. The van der Waals surface area contributed by atoms with Gasteiger partial charge in [0.25, 0.3) is 0 Å². The highest BCUT2D eigenvalue weighted by molar-refractivity contribution is 6.51. The van der Waals surface area contributed by atoms with E-state index in [9.17, 15) is 4.79 Å². The van der Waals surface area contributed by atoms with Crippen molar-refractivity contribution in [2.24, 2.45) is 4.99 Å². The number of hydrogen-bond donors (Lipinski definition) is 0. The van der Waals surface area contributed by atoms with Gasteiger partial charge < -0.3 is 4.43 Å². The maximum Gasteiger partial charge on any atom is 0.234 e. The molecule has 0 N–H and O–H groups in total. The van der Waals surface area contributed by atoms with Crippen LogP contribution in [0.25, 0.3) is 0 Å². The molecule has 0 spiro atoms. The monoisotopic (exact) mass is 185 g/mol. The van der Waals surface area contributed by atoms with Crippen LogP contribution in [-0.4, -0.2) is 28.3 Å². The van der Waals surface area contributed by atoms with E-state index >= 15 is 0 Å². The summed E-state index contributed by atoms with van der Waals surface area (Å²) >= 11 is 0. The molecule has 68 valence electrons. The molecular weight excluding hydrogens is 170 g/mol. The van der Waals surface area contributed by atoms with Crippen LogP contribution in [0.5, 0.6) is 0 Å². The fourth-order valence-corrected chi connectivity index (χ4v) is 3.98. The predicted octanol–water partition coefficient (Wildman–Crippen LogP) is 1.25. The van der Waals surface area contributed by atoms with Crippen molar-refractivity contribution in [3.63, 3.8) is 0 Å². The quantitative estimate of drug-likeness (QED) is 0.286. The van der Waals surface area contributed by atoms with Gasteiger partial charge in [-0.1, -0.05) is 6.42 Å². The van der Waals surface area contributed by atoms with Crippen molar-refractivity contribution in [3.8, 4) is 0 Å². The summed E-state index contributed by atoms with van der Waals surface area (Å²) in [6, 6.07) is 2.48. The minimum Gasteiger partial charge on any atom is -0.420 e. The molecule has 12 heavy (non-hydrogen) atoms. The van der Waals surface area contributed by atoms with Crippen molar-refractivity contribution < 1.29 is 9.22 Å². The third-order valence-corrected chi connectivity index (χ3v) is 4.95. The summed E-state index contributed by atoms with van der Waals surface area (Å²) in [4.78, 5) is 13.3. The van der Waals surface area contributed by atoms with E-state index in [-0.39, 0.29) is 0 Å². The fraction of sp³-hybridized carbons (Fsp3) is 0.875. The lowest BCUT2D eigenvalue weighted by atomic mass is 10.4. The van der Waals surface area contributed by atoms with Crippen LogP contribution in [0.15, 0.2) is 4.99 Å². The molecule has 1 fully saturated rings. The number of nitrogens with zero attached hydrogens (tertiary/aromatic N) is 1. The predicted molar refractivity (Wildman–Crippen MR) is 49.6 cm³/mol. The lowest BCUT2D eigenvalue weighted by Gasteiger charge is -2.20. The Morgan fingerprint density at radius 1 is 1.50 bits per heavy atom. The maximum absolute atomic E-state index is 9.74. The van der Waals surface area contributed by atoms with Gasteiger partial charge in [0, 0.05) is 6.61 Å². The molecule has 0 radical (unpaired) electrons. The topological polar surface area (TPSA) is 38.7 Å². The Bertz CT molecular complexity index is 162. The number of rotatable bonds is 4. The number of carbonyl (C=O) groups excluding carboxylic acids is 1. The molecule has 1 unspecified atom stereocenters. The van der Waals surface area contributed by atoms with Crippen LogP contribution in [0.4, 0.5) is 0 Å². The van der Waals surface area contributed by atoms with Gasteiger partial charge in [-0.3, -0.25) is 0 Å². The molecule has 0 aromatic carbocycles. The molecule has 0 aliphatic carbocycles. The first-order chi connectivity index (χ1) is 5.93. The smallest absolute Gasteiger partial charge is 0.234 e. The molecule has 4 heteroatoms. The fourth-order valence-electron chi connectivity index (χ4n) is 1.48. The lowest BCUT2D eigenvalue weighted by Crippen LogP contribution is -2.22. The van der Waals surface area contributed by atoms with E-state index in [1.165, 1.54) is 24.9 Å². The van der Waals surface area contributed by atoms with Crippen LogP contribution in [0.3, 0.4) is 0 Å². The summed E-state index contributed by atoms with van der Waals surface area (Å²) in [6.07, 6.45) is 5.13. The highest BCUT2D eigenvalue weighted by Gasteiger charge is 2.14.